The van der Waals surface area contributed by atoms with Crippen molar-refractivity contribution >= 4 is 27.6 Å². The van der Waals surface area contributed by atoms with E-state index in [1.807, 2.05) is 0 Å². The minimum absolute atomic E-state index is 0.106. The molecule has 1 N–H and O–H groups in total. The third-order valence-corrected chi connectivity index (χ3v) is 3.04. The number of halogens is 1. The molecule has 0 aliphatic heterocycles. The first-order valence-corrected chi connectivity index (χ1v) is 6.49. The van der Waals surface area contributed by atoms with Gasteiger partial charge in [-0.1, -0.05) is 0 Å². The van der Waals surface area contributed by atoms with Gasteiger partial charge >= 0.3 is 11.7 Å². The van der Waals surface area contributed by atoms with Crippen molar-refractivity contribution in [3.63, 3.8) is 0 Å². The highest BCUT2D eigenvalue weighted by molar-refractivity contribution is 9.10. The average Bonchev–Trinajstić information content (AvgIpc) is 2.41. The molecule has 0 saturated carbocycles. The van der Waals surface area contributed by atoms with Gasteiger partial charge in [0.25, 0.3) is 0 Å². The van der Waals surface area contributed by atoms with E-state index in [4.69, 9.17) is 9.84 Å². The third kappa shape index (κ3) is 3.34. The summed E-state index contributed by atoms with van der Waals surface area (Å²) < 4.78 is 6.15. The number of nitro groups is 1. The van der Waals surface area contributed by atoms with Crippen molar-refractivity contribution in [3.05, 3.63) is 56.2 Å². The third-order valence-electron chi connectivity index (χ3n) is 2.61. The van der Waals surface area contributed by atoms with E-state index in [9.17, 15) is 14.9 Å². The number of carboxylic acids is 1. The molecule has 0 unspecified atom stereocenters. The summed E-state index contributed by atoms with van der Waals surface area (Å²) >= 11 is 3.25. The summed E-state index contributed by atoms with van der Waals surface area (Å²) in [6.07, 6.45) is 1.48. The number of nitro benzene ring substituents is 1. The zero-order valence-corrected chi connectivity index (χ0v) is 12.3. The fourth-order valence-corrected chi connectivity index (χ4v) is 2.06. The number of aromatic carboxylic acids is 1. The monoisotopic (exact) mass is 352 g/mol. The summed E-state index contributed by atoms with van der Waals surface area (Å²) in [5.74, 6) is -1.20. The molecule has 7 nitrogen and oxygen atoms in total. The SMILES string of the molecule is Cc1cc(Br)cnc1Oc1cc(C(=O)O)ccc1[N+](=O)[O-]. The molecule has 2 aromatic rings. The minimum atomic E-state index is -1.20. The maximum atomic E-state index is 11.0. The normalized spacial score (nSPS) is 10.2. The van der Waals surface area contributed by atoms with Crippen molar-refractivity contribution in [2.75, 3.05) is 0 Å². The Labute approximate surface area is 127 Å². The van der Waals surface area contributed by atoms with Gasteiger partial charge in [-0.25, -0.2) is 9.78 Å². The molecule has 0 radical (unpaired) electrons. The Morgan fingerprint density at radius 2 is 2.14 bits per heavy atom. The molecule has 108 valence electrons. The number of carbonyl (C=O) groups is 1. The van der Waals surface area contributed by atoms with Gasteiger partial charge < -0.3 is 9.84 Å². The van der Waals surface area contributed by atoms with Gasteiger partial charge in [-0.2, -0.15) is 0 Å². The largest absolute Gasteiger partial charge is 0.478 e. The average molecular weight is 353 g/mol. The van der Waals surface area contributed by atoms with Gasteiger partial charge in [0.15, 0.2) is 0 Å². The number of aromatic nitrogens is 1. The van der Waals surface area contributed by atoms with Crippen LogP contribution < -0.4 is 4.74 Å². The van der Waals surface area contributed by atoms with Gasteiger partial charge in [0.2, 0.25) is 11.6 Å². The number of benzene rings is 1. The first-order chi connectivity index (χ1) is 9.88. The van der Waals surface area contributed by atoms with Crippen LogP contribution in [0.2, 0.25) is 0 Å². The molecule has 1 heterocycles. The van der Waals surface area contributed by atoms with E-state index >= 15 is 0 Å². The van der Waals surface area contributed by atoms with Crippen molar-refractivity contribution in [2.45, 2.75) is 6.92 Å². The molecule has 0 bridgehead atoms. The molecule has 0 fully saturated rings. The van der Waals surface area contributed by atoms with Gasteiger partial charge in [0.05, 0.1) is 10.5 Å². The lowest BCUT2D eigenvalue weighted by molar-refractivity contribution is -0.385. The molecule has 21 heavy (non-hydrogen) atoms. The molecule has 0 aliphatic carbocycles. The highest BCUT2D eigenvalue weighted by Gasteiger charge is 2.19. The number of aryl methyl sites for hydroxylation is 1. The molecule has 1 aromatic carbocycles. The number of hydrogen-bond donors (Lipinski definition) is 1. The second kappa shape index (κ2) is 5.88. The summed E-state index contributed by atoms with van der Waals surface area (Å²) in [7, 11) is 0. The van der Waals surface area contributed by atoms with Crippen LogP contribution in [0.15, 0.2) is 34.9 Å². The number of nitrogens with zero attached hydrogens (tertiary/aromatic N) is 2. The maximum absolute atomic E-state index is 11.0. The molecule has 8 heteroatoms. The number of hydrogen-bond acceptors (Lipinski definition) is 5. The predicted molar refractivity (Wildman–Crippen MR) is 76.8 cm³/mol. The second-order valence-electron chi connectivity index (χ2n) is 4.12. The van der Waals surface area contributed by atoms with E-state index in [0.717, 1.165) is 22.7 Å². The molecule has 0 atom stereocenters. The zero-order chi connectivity index (χ0) is 15.6. The van der Waals surface area contributed by atoms with E-state index in [0.29, 0.717) is 5.56 Å². The number of rotatable bonds is 4. The standard InChI is InChI=1S/C13H9BrN2O5/c1-7-4-9(14)6-15-12(7)21-11-5-8(13(17)18)2-3-10(11)16(19)20/h2-6H,1H3,(H,17,18). The van der Waals surface area contributed by atoms with Gasteiger partial charge in [0, 0.05) is 28.4 Å². The summed E-state index contributed by atoms with van der Waals surface area (Å²) in [5.41, 5.74) is 0.217. The van der Waals surface area contributed by atoms with Gasteiger partial charge in [-0.3, -0.25) is 10.1 Å². The van der Waals surface area contributed by atoms with Crippen LogP contribution in [0, 0.1) is 17.0 Å². The molecular weight excluding hydrogens is 344 g/mol. The van der Waals surface area contributed by atoms with E-state index in [2.05, 4.69) is 20.9 Å². The second-order valence-corrected chi connectivity index (χ2v) is 5.04. The van der Waals surface area contributed by atoms with Crippen LogP contribution in [0.4, 0.5) is 5.69 Å². The Balaban J connectivity index is 2.48. The fourth-order valence-electron chi connectivity index (χ4n) is 1.62. The smallest absolute Gasteiger partial charge is 0.335 e. The lowest BCUT2D eigenvalue weighted by Gasteiger charge is -2.08. The molecule has 0 saturated heterocycles. The van der Waals surface area contributed by atoms with Gasteiger partial charge in [0.1, 0.15) is 0 Å². The summed E-state index contributed by atoms with van der Waals surface area (Å²) in [5, 5.41) is 19.9. The van der Waals surface area contributed by atoms with Crippen LogP contribution in [0.5, 0.6) is 11.6 Å². The van der Waals surface area contributed by atoms with Crippen molar-refractivity contribution in [2.24, 2.45) is 0 Å². The highest BCUT2D eigenvalue weighted by atomic mass is 79.9. The first kappa shape index (κ1) is 14.9. The summed E-state index contributed by atoms with van der Waals surface area (Å²) in [4.78, 5) is 25.3. The number of carboxylic acid groups (broad SMARTS) is 1. The molecular formula is C13H9BrN2O5. The van der Waals surface area contributed by atoms with Gasteiger partial charge in [-0.05, 0) is 35.0 Å². The highest BCUT2D eigenvalue weighted by Crippen LogP contribution is 2.33. The molecule has 1 aromatic heterocycles. The van der Waals surface area contributed by atoms with Crippen LogP contribution in [0.25, 0.3) is 0 Å². The van der Waals surface area contributed by atoms with Crippen molar-refractivity contribution in [1.82, 2.24) is 4.98 Å². The van der Waals surface area contributed by atoms with Gasteiger partial charge in [-0.15, -0.1) is 0 Å². The Morgan fingerprint density at radius 3 is 2.71 bits per heavy atom. The molecule has 0 spiro atoms. The Bertz CT molecular complexity index is 732. The van der Waals surface area contributed by atoms with Crippen LogP contribution in [0.1, 0.15) is 15.9 Å². The van der Waals surface area contributed by atoms with E-state index < -0.39 is 10.9 Å². The lowest BCUT2D eigenvalue weighted by Crippen LogP contribution is -2.00. The Hall–Kier alpha value is -2.48. The predicted octanol–water partition coefficient (Wildman–Crippen LogP) is 3.55. The van der Waals surface area contributed by atoms with Crippen LogP contribution in [0.3, 0.4) is 0 Å². The maximum Gasteiger partial charge on any atom is 0.335 e. The molecule has 2 rings (SSSR count). The van der Waals surface area contributed by atoms with Crippen molar-refractivity contribution in [3.8, 4) is 11.6 Å². The number of pyridine rings is 1. The van der Waals surface area contributed by atoms with Crippen molar-refractivity contribution in [1.29, 1.82) is 0 Å². The van der Waals surface area contributed by atoms with Crippen molar-refractivity contribution < 1.29 is 19.6 Å². The molecule has 0 amide bonds. The Morgan fingerprint density at radius 1 is 1.43 bits per heavy atom. The topological polar surface area (TPSA) is 103 Å². The van der Waals surface area contributed by atoms with E-state index in [1.54, 1.807) is 13.0 Å². The van der Waals surface area contributed by atoms with E-state index in [1.165, 1.54) is 6.20 Å². The zero-order valence-electron chi connectivity index (χ0n) is 10.7. The Kier molecular flexibility index (Phi) is 4.18. The first-order valence-electron chi connectivity index (χ1n) is 5.70. The fraction of sp³-hybridized carbons (Fsp3) is 0.0769. The molecule has 0 aliphatic rings. The lowest BCUT2D eigenvalue weighted by atomic mass is 10.2. The summed E-state index contributed by atoms with van der Waals surface area (Å²) in [6, 6.07) is 5.07. The van der Waals surface area contributed by atoms with Crippen LogP contribution >= 0.6 is 15.9 Å². The van der Waals surface area contributed by atoms with Crippen LogP contribution in [-0.4, -0.2) is 21.0 Å². The van der Waals surface area contributed by atoms with Crippen LogP contribution in [-0.2, 0) is 0 Å². The number of ether oxygens (including phenoxy) is 1. The quantitative estimate of drug-likeness (QED) is 0.666. The summed E-state index contributed by atoms with van der Waals surface area (Å²) in [6.45, 7) is 1.72. The minimum Gasteiger partial charge on any atom is -0.478 e. The van der Waals surface area contributed by atoms with E-state index in [-0.39, 0.29) is 22.9 Å².